The van der Waals surface area contributed by atoms with E-state index in [4.69, 9.17) is 9.15 Å². The van der Waals surface area contributed by atoms with E-state index in [1.54, 1.807) is 37.3 Å². The number of carbonyl (C=O) groups excluding carboxylic acids is 1. The van der Waals surface area contributed by atoms with E-state index in [1.807, 2.05) is 26.0 Å². The van der Waals surface area contributed by atoms with Gasteiger partial charge in [0, 0.05) is 17.0 Å². The summed E-state index contributed by atoms with van der Waals surface area (Å²) >= 11 is 0. The highest BCUT2D eigenvalue weighted by atomic mass is 16.5. The first-order chi connectivity index (χ1) is 11.0. The Bertz CT molecular complexity index is 950. The lowest BCUT2D eigenvalue weighted by atomic mass is 10.1. The lowest BCUT2D eigenvalue weighted by molar-refractivity contribution is 0.0735. The van der Waals surface area contributed by atoms with Gasteiger partial charge in [0.1, 0.15) is 11.3 Å². The van der Waals surface area contributed by atoms with Crippen LogP contribution in [-0.4, -0.2) is 5.97 Å². The third-order valence-corrected chi connectivity index (χ3v) is 3.93. The molecule has 0 amide bonds. The predicted octanol–water partition coefficient (Wildman–Crippen LogP) is 3.94. The van der Waals surface area contributed by atoms with Gasteiger partial charge in [-0.15, -0.1) is 0 Å². The molecule has 0 aliphatic rings. The first-order valence-electron chi connectivity index (χ1n) is 7.28. The van der Waals surface area contributed by atoms with Crippen molar-refractivity contribution in [3.63, 3.8) is 0 Å². The summed E-state index contributed by atoms with van der Waals surface area (Å²) in [7, 11) is 0. The Hall–Kier alpha value is -2.88. The number of hydrogen-bond donors (Lipinski definition) is 0. The molecule has 0 aliphatic carbocycles. The number of aryl methyl sites for hydroxylation is 2. The summed E-state index contributed by atoms with van der Waals surface area (Å²) in [4.78, 5) is 23.9. The molecular weight excluding hydrogens is 292 g/mol. The van der Waals surface area contributed by atoms with Crippen molar-refractivity contribution >= 4 is 16.9 Å². The van der Waals surface area contributed by atoms with Gasteiger partial charge in [0.2, 0.25) is 0 Å². The molecule has 2 aromatic carbocycles. The van der Waals surface area contributed by atoms with Gasteiger partial charge in [0.15, 0.2) is 0 Å². The molecule has 0 saturated heterocycles. The molecule has 116 valence electrons. The molecule has 0 fully saturated rings. The van der Waals surface area contributed by atoms with Crippen LogP contribution in [0.25, 0.3) is 11.0 Å². The Morgan fingerprint density at radius 3 is 2.35 bits per heavy atom. The molecule has 0 atom stereocenters. The van der Waals surface area contributed by atoms with Crippen LogP contribution in [0.15, 0.2) is 51.7 Å². The maximum absolute atomic E-state index is 12.1. The Balaban J connectivity index is 1.95. The van der Waals surface area contributed by atoms with Gasteiger partial charge in [-0.05, 0) is 50.6 Å². The normalized spacial score (nSPS) is 10.7. The number of ether oxygens (including phenoxy) is 1. The van der Waals surface area contributed by atoms with Gasteiger partial charge in [-0.3, -0.25) is 0 Å². The van der Waals surface area contributed by atoms with Crippen LogP contribution in [0.4, 0.5) is 0 Å². The molecule has 0 spiro atoms. The zero-order valence-electron chi connectivity index (χ0n) is 13.2. The highest BCUT2D eigenvalue weighted by molar-refractivity contribution is 5.92. The van der Waals surface area contributed by atoms with Crippen molar-refractivity contribution in [3.05, 3.63) is 75.1 Å². The molecule has 23 heavy (non-hydrogen) atoms. The lowest BCUT2D eigenvalue weighted by Crippen LogP contribution is -2.09. The molecule has 0 N–H and O–H groups in total. The second-order valence-electron chi connectivity index (χ2n) is 5.55. The molecule has 4 heteroatoms. The molecule has 4 nitrogen and oxygen atoms in total. The number of benzene rings is 2. The minimum Gasteiger partial charge on any atom is -0.423 e. The summed E-state index contributed by atoms with van der Waals surface area (Å²) in [5.41, 5.74) is 3.02. The van der Waals surface area contributed by atoms with Gasteiger partial charge >= 0.3 is 11.6 Å². The Morgan fingerprint density at radius 1 is 0.957 bits per heavy atom. The maximum atomic E-state index is 12.1. The number of fused-ring (bicyclic) bond motifs is 1. The van der Waals surface area contributed by atoms with Crippen LogP contribution >= 0.6 is 0 Å². The fourth-order valence-corrected chi connectivity index (χ4v) is 2.35. The summed E-state index contributed by atoms with van der Waals surface area (Å²) in [6.07, 6.45) is 0. The minimum atomic E-state index is -0.449. The lowest BCUT2D eigenvalue weighted by Gasteiger charge is -2.07. The zero-order chi connectivity index (χ0) is 16.6. The van der Waals surface area contributed by atoms with E-state index in [0.717, 1.165) is 16.5 Å². The van der Waals surface area contributed by atoms with Gasteiger partial charge in [-0.2, -0.15) is 0 Å². The topological polar surface area (TPSA) is 56.5 Å². The van der Waals surface area contributed by atoms with Crippen molar-refractivity contribution < 1.29 is 13.9 Å². The second-order valence-corrected chi connectivity index (χ2v) is 5.55. The van der Waals surface area contributed by atoms with E-state index >= 15 is 0 Å². The van der Waals surface area contributed by atoms with E-state index < -0.39 is 5.97 Å². The Labute approximate surface area is 133 Å². The van der Waals surface area contributed by atoms with Gasteiger partial charge < -0.3 is 9.15 Å². The SMILES string of the molecule is Cc1ccc(C(=O)Oc2ccc3c(C)c(C)c(=O)oc3c2)cc1. The monoisotopic (exact) mass is 308 g/mol. The summed E-state index contributed by atoms with van der Waals surface area (Å²) in [6.45, 7) is 5.54. The highest BCUT2D eigenvalue weighted by Gasteiger charge is 2.12. The van der Waals surface area contributed by atoms with E-state index in [-0.39, 0.29) is 5.63 Å². The largest absolute Gasteiger partial charge is 0.423 e. The van der Waals surface area contributed by atoms with Gasteiger partial charge in [-0.1, -0.05) is 17.7 Å². The third-order valence-electron chi connectivity index (χ3n) is 3.93. The van der Waals surface area contributed by atoms with Crippen LogP contribution in [-0.2, 0) is 0 Å². The molecule has 1 heterocycles. The van der Waals surface area contributed by atoms with Crippen LogP contribution in [0.5, 0.6) is 5.75 Å². The van der Waals surface area contributed by atoms with E-state index in [2.05, 4.69) is 0 Å². The highest BCUT2D eigenvalue weighted by Crippen LogP contribution is 2.24. The zero-order valence-corrected chi connectivity index (χ0v) is 13.2. The number of hydrogen-bond acceptors (Lipinski definition) is 4. The minimum absolute atomic E-state index is 0.342. The van der Waals surface area contributed by atoms with Gasteiger partial charge in [0.05, 0.1) is 5.56 Å². The molecular formula is C19H16O4. The maximum Gasteiger partial charge on any atom is 0.343 e. The summed E-state index contributed by atoms with van der Waals surface area (Å²) in [5.74, 6) is -0.106. The Kier molecular flexibility index (Phi) is 3.74. The van der Waals surface area contributed by atoms with E-state index in [9.17, 15) is 9.59 Å². The van der Waals surface area contributed by atoms with Crippen LogP contribution < -0.4 is 10.4 Å². The molecule has 3 rings (SSSR count). The van der Waals surface area contributed by atoms with Crippen molar-refractivity contribution in [1.82, 2.24) is 0 Å². The van der Waals surface area contributed by atoms with Crippen molar-refractivity contribution in [2.75, 3.05) is 0 Å². The Morgan fingerprint density at radius 2 is 1.65 bits per heavy atom. The fraction of sp³-hybridized carbons (Fsp3) is 0.158. The number of esters is 1. The van der Waals surface area contributed by atoms with Crippen molar-refractivity contribution in [2.45, 2.75) is 20.8 Å². The first-order valence-corrected chi connectivity index (χ1v) is 7.28. The standard InChI is InChI=1S/C19H16O4/c1-11-4-6-14(7-5-11)19(21)22-15-8-9-16-12(2)13(3)18(20)23-17(16)10-15/h4-10H,1-3H3. The van der Waals surface area contributed by atoms with E-state index in [1.165, 1.54) is 0 Å². The van der Waals surface area contributed by atoms with Crippen molar-refractivity contribution in [2.24, 2.45) is 0 Å². The average molecular weight is 308 g/mol. The molecule has 0 aliphatic heterocycles. The first kappa shape index (κ1) is 15.0. The van der Waals surface area contributed by atoms with Crippen molar-refractivity contribution in [1.29, 1.82) is 0 Å². The van der Waals surface area contributed by atoms with Crippen LogP contribution in [0.1, 0.15) is 27.0 Å². The summed E-state index contributed by atoms with van der Waals surface area (Å²) in [5, 5.41) is 0.831. The quantitative estimate of drug-likeness (QED) is 0.409. The number of carbonyl (C=O) groups is 1. The van der Waals surface area contributed by atoms with Gasteiger partial charge in [-0.25, -0.2) is 9.59 Å². The van der Waals surface area contributed by atoms with Crippen LogP contribution in [0.2, 0.25) is 0 Å². The van der Waals surface area contributed by atoms with Crippen LogP contribution in [0, 0.1) is 20.8 Å². The molecule has 3 aromatic rings. The fourth-order valence-electron chi connectivity index (χ4n) is 2.35. The summed E-state index contributed by atoms with van der Waals surface area (Å²) in [6, 6.07) is 12.2. The van der Waals surface area contributed by atoms with Crippen molar-refractivity contribution in [3.8, 4) is 5.75 Å². The van der Waals surface area contributed by atoms with Crippen LogP contribution in [0.3, 0.4) is 0 Å². The molecule has 0 bridgehead atoms. The smallest absolute Gasteiger partial charge is 0.343 e. The molecule has 0 saturated carbocycles. The van der Waals surface area contributed by atoms with Gasteiger partial charge in [0.25, 0.3) is 0 Å². The molecule has 0 unspecified atom stereocenters. The summed E-state index contributed by atoms with van der Waals surface area (Å²) < 4.78 is 10.6. The van der Waals surface area contributed by atoms with E-state index in [0.29, 0.717) is 22.5 Å². The third kappa shape index (κ3) is 2.88. The molecule has 0 radical (unpaired) electrons. The molecule has 1 aromatic heterocycles. The second kappa shape index (κ2) is 5.72. The number of rotatable bonds is 2. The predicted molar refractivity (Wildman–Crippen MR) is 88.1 cm³/mol. The average Bonchev–Trinajstić information content (AvgIpc) is 2.53.